The summed E-state index contributed by atoms with van der Waals surface area (Å²) in [5.74, 6) is 0.459. The Morgan fingerprint density at radius 1 is 0.967 bits per heavy atom. The first-order chi connectivity index (χ1) is 14.3. The van der Waals surface area contributed by atoms with E-state index in [4.69, 9.17) is 0 Å². The highest BCUT2D eigenvalue weighted by Gasteiger charge is 2.15. The monoisotopic (exact) mass is 423 g/mol. The molecule has 0 fully saturated rings. The molecule has 2 aromatic carbocycles. The summed E-state index contributed by atoms with van der Waals surface area (Å²) in [6, 6.07) is 13.4. The van der Waals surface area contributed by atoms with Crippen LogP contribution in [0, 0.1) is 20.8 Å². The number of nitrogens with zero attached hydrogens (tertiary/aromatic N) is 3. The maximum absolute atomic E-state index is 12.3. The van der Waals surface area contributed by atoms with Crippen molar-refractivity contribution in [2.24, 2.45) is 7.05 Å². The Morgan fingerprint density at radius 3 is 2.43 bits per heavy atom. The first kappa shape index (κ1) is 21.6. The van der Waals surface area contributed by atoms with Crippen molar-refractivity contribution in [3.63, 3.8) is 0 Å². The van der Waals surface area contributed by atoms with Gasteiger partial charge in [0.25, 0.3) is 0 Å². The van der Waals surface area contributed by atoms with Crippen LogP contribution in [0.5, 0.6) is 0 Å². The largest absolute Gasteiger partial charge is 0.326 e. The van der Waals surface area contributed by atoms with Crippen molar-refractivity contribution in [3.8, 4) is 0 Å². The fourth-order valence-electron chi connectivity index (χ4n) is 2.81. The summed E-state index contributed by atoms with van der Waals surface area (Å²) in [6.45, 7) is 5.98. The van der Waals surface area contributed by atoms with Crippen LogP contribution in [0.25, 0.3) is 0 Å². The Labute approximate surface area is 180 Å². The molecule has 0 aliphatic heterocycles. The van der Waals surface area contributed by atoms with Gasteiger partial charge in [0.15, 0.2) is 5.16 Å². The van der Waals surface area contributed by atoms with Crippen molar-refractivity contribution in [3.05, 3.63) is 65.0 Å². The lowest BCUT2D eigenvalue weighted by molar-refractivity contribution is -0.116. The molecule has 1 aromatic heterocycles. The van der Waals surface area contributed by atoms with E-state index in [9.17, 15) is 9.59 Å². The molecule has 0 bridgehead atoms. The third kappa shape index (κ3) is 5.48. The number of nitrogens with one attached hydrogen (secondary N) is 2. The van der Waals surface area contributed by atoms with Crippen molar-refractivity contribution >= 4 is 35.0 Å². The van der Waals surface area contributed by atoms with Crippen molar-refractivity contribution in [1.82, 2.24) is 14.8 Å². The minimum Gasteiger partial charge on any atom is -0.326 e. The third-order valence-corrected chi connectivity index (χ3v) is 5.81. The molecule has 2 N–H and O–H groups in total. The number of carbonyl (C=O) groups is 2. The molecular formula is C22H25N5O2S. The van der Waals surface area contributed by atoms with E-state index in [1.807, 2.05) is 63.2 Å². The molecule has 0 saturated carbocycles. The van der Waals surface area contributed by atoms with Gasteiger partial charge in [-0.25, -0.2) is 0 Å². The molecular weight excluding hydrogens is 398 g/mol. The van der Waals surface area contributed by atoms with E-state index in [1.165, 1.54) is 11.8 Å². The molecule has 2 amide bonds. The molecule has 0 aliphatic rings. The zero-order valence-electron chi connectivity index (χ0n) is 17.5. The van der Waals surface area contributed by atoms with Crippen LogP contribution in [0.15, 0.2) is 47.6 Å². The molecule has 8 heteroatoms. The van der Waals surface area contributed by atoms with Crippen molar-refractivity contribution in [2.75, 3.05) is 16.4 Å². The highest BCUT2D eigenvalue weighted by molar-refractivity contribution is 7.99. The summed E-state index contributed by atoms with van der Waals surface area (Å²) < 4.78 is 1.74. The van der Waals surface area contributed by atoms with Crippen molar-refractivity contribution < 1.29 is 9.59 Å². The van der Waals surface area contributed by atoms with Crippen LogP contribution in [0.1, 0.15) is 22.5 Å². The second-order valence-electron chi connectivity index (χ2n) is 7.13. The first-order valence-corrected chi connectivity index (χ1v) is 10.6. The molecule has 7 nitrogen and oxygen atoms in total. The number of rotatable bonds is 7. The predicted molar refractivity (Wildman–Crippen MR) is 120 cm³/mol. The third-order valence-electron chi connectivity index (χ3n) is 4.79. The molecule has 0 unspecified atom stereocenters. The second-order valence-corrected chi connectivity index (χ2v) is 8.08. The molecule has 30 heavy (non-hydrogen) atoms. The van der Waals surface area contributed by atoms with E-state index < -0.39 is 0 Å². The normalized spacial score (nSPS) is 10.7. The minimum absolute atomic E-state index is 0.104. The Hall–Kier alpha value is -3.13. The van der Waals surface area contributed by atoms with Gasteiger partial charge in [0.2, 0.25) is 11.8 Å². The summed E-state index contributed by atoms with van der Waals surface area (Å²) >= 11 is 1.28. The van der Waals surface area contributed by atoms with E-state index in [0.717, 1.165) is 28.1 Å². The number of anilines is 2. The van der Waals surface area contributed by atoms with Crippen molar-refractivity contribution in [2.45, 2.75) is 32.3 Å². The molecule has 0 radical (unpaired) electrons. The van der Waals surface area contributed by atoms with E-state index in [0.29, 0.717) is 11.0 Å². The number of carbonyl (C=O) groups excluding carboxylic acids is 2. The maximum atomic E-state index is 12.3. The Bertz CT molecular complexity index is 1060. The van der Waals surface area contributed by atoms with Crippen LogP contribution in [-0.4, -0.2) is 32.3 Å². The first-order valence-electron chi connectivity index (χ1n) is 9.57. The van der Waals surface area contributed by atoms with Gasteiger partial charge in [0, 0.05) is 18.4 Å². The molecule has 156 valence electrons. The molecule has 1 heterocycles. The molecule has 0 saturated heterocycles. The zero-order chi connectivity index (χ0) is 21.7. The van der Waals surface area contributed by atoms with Crippen LogP contribution < -0.4 is 10.6 Å². The summed E-state index contributed by atoms with van der Waals surface area (Å²) in [4.78, 5) is 24.6. The number of benzene rings is 2. The fourth-order valence-corrected chi connectivity index (χ4v) is 3.54. The molecule has 0 aliphatic carbocycles. The summed E-state index contributed by atoms with van der Waals surface area (Å²) in [7, 11) is 1.79. The van der Waals surface area contributed by atoms with Gasteiger partial charge < -0.3 is 15.2 Å². The summed E-state index contributed by atoms with van der Waals surface area (Å²) in [6.07, 6.45) is 0.104. The van der Waals surface area contributed by atoms with Crippen LogP contribution in [0.4, 0.5) is 11.4 Å². The average Bonchev–Trinajstić information content (AvgIpc) is 3.05. The lowest BCUT2D eigenvalue weighted by Crippen LogP contribution is -2.17. The number of hydrogen-bond donors (Lipinski definition) is 2. The van der Waals surface area contributed by atoms with Crippen molar-refractivity contribution in [1.29, 1.82) is 0 Å². The SMILES string of the molecule is Cc1ccc(NC(=O)Cc2nnc(SCC(=O)Nc3cccc(C)c3C)n2C)cc1. The second kappa shape index (κ2) is 9.58. The van der Waals surface area contributed by atoms with E-state index in [-0.39, 0.29) is 24.0 Å². The van der Waals surface area contributed by atoms with Gasteiger partial charge in [-0.15, -0.1) is 10.2 Å². The van der Waals surface area contributed by atoms with Gasteiger partial charge in [-0.2, -0.15) is 0 Å². The van der Waals surface area contributed by atoms with Crippen LogP contribution in [0.2, 0.25) is 0 Å². The Morgan fingerprint density at radius 2 is 1.70 bits per heavy atom. The van der Waals surface area contributed by atoms with Gasteiger partial charge in [0.05, 0.1) is 12.2 Å². The zero-order valence-corrected chi connectivity index (χ0v) is 18.3. The standard InChI is InChI=1S/C22H25N5O2S/c1-14-8-10-17(11-9-14)23-20(28)12-19-25-26-22(27(19)4)30-13-21(29)24-18-7-5-6-15(2)16(18)3/h5-11H,12-13H2,1-4H3,(H,23,28)(H,24,29). The predicted octanol–water partition coefficient (Wildman–Crippen LogP) is 3.65. The number of amides is 2. The van der Waals surface area contributed by atoms with Crippen LogP contribution in [-0.2, 0) is 23.1 Å². The summed E-state index contributed by atoms with van der Waals surface area (Å²) in [5.41, 5.74) is 4.86. The number of thioether (sulfide) groups is 1. The van der Waals surface area contributed by atoms with E-state index in [2.05, 4.69) is 20.8 Å². The van der Waals surface area contributed by atoms with Gasteiger partial charge >= 0.3 is 0 Å². The molecule has 3 rings (SSSR count). The minimum atomic E-state index is -0.168. The molecule has 3 aromatic rings. The molecule has 0 spiro atoms. The van der Waals surface area contributed by atoms with Gasteiger partial charge in [0.1, 0.15) is 5.82 Å². The van der Waals surface area contributed by atoms with Gasteiger partial charge in [-0.05, 0) is 50.1 Å². The number of aryl methyl sites for hydroxylation is 2. The Kier molecular flexibility index (Phi) is 6.89. The smallest absolute Gasteiger partial charge is 0.234 e. The maximum Gasteiger partial charge on any atom is 0.234 e. The topological polar surface area (TPSA) is 88.9 Å². The Balaban J connectivity index is 1.54. The highest BCUT2D eigenvalue weighted by Crippen LogP contribution is 2.20. The van der Waals surface area contributed by atoms with E-state index in [1.54, 1.807) is 11.6 Å². The quantitative estimate of drug-likeness (QED) is 0.566. The van der Waals surface area contributed by atoms with Gasteiger partial charge in [-0.1, -0.05) is 41.6 Å². The lowest BCUT2D eigenvalue weighted by Gasteiger charge is -2.10. The van der Waals surface area contributed by atoms with E-state index >= 15 is 0 Å². The van der Waals surface area contributed by atoms with Gasteiger partial charge in [-0.3, -0.25) is 9.59 Å². The number of aromatic nitrogens is 3. The lowest BCUT2D eigenvalue weighted by atomic mass is 10.1. The summed E-state index contributed by atoms with van der Waals surface area (Å²) in [5, 5.41) is 14.6. The number of hydrogen-bond acceptors (Lipinski definition) is 5. The van der Waals surface area contributed by atoms with Crippen LogP contribution >= 0.6 is 11.8 Å². The molecule has 0 atom stereocenters. The van der Waals surface area contributed by atoms with Crippen LogP contribution in [0.3, 0.4) is 0 Å². The average molecular weight is 424 g/mol. The fraction of sp³-hybridized carbons (Fsp3) is 0.273. The highest BCUT2D eigenvalue weighted by atomic mass is 32.2.